The van der Waals surface area contributed by atoms with Crippen LogP contribution in [0.2, 0.25) is 0 Å². The Morgan fingerprint density at radius 1 is 1.39 bits per heavy atom. The molecular weight excluding hydrogens is 312 g/mol. The van der Waals surface area contributed by atoms with Gasteiger partial charge in [0.15, 0.2) is 5.17 Å². The van der Waals surface area contributed by atoms with E-state index in [0.29, 0.717) is 12.2 Å². The Labute approximate surface area is 141 Å². The Hall–Kier alpha value is -1.76. The van der Waals surface area contributed by atoms with Gasteiger partial charge in [-0.2, -0.15) is 5.10 Å². The van der Waals surface area contributed by atoms with Gasteiger partial charge in [0.25, 0.3) is 0 Å². The number of nitrogens with one attached hydrogen (secondary N) is 2. The Bertz CT molecular complexity index is 634. The molecule has 6 nitrogen and oxygen atoms in total. The van der Waals surface area contributed by atoms with Crippen LogP contribution in [-0.4, -0.2) is 40.7 Å². The van der Waals surface area contributed by atoms with Gasteiger partial charge in [0, 0.05) is 18.0 Å². The first-order valence-corrected chi connectivity index (χ1v) is 8.93. The predicted molar refractivity (Wildman–Crippen MR) is 95.6 cm³/mol. The number of amidine groups is 1. The Morgan fingerprint density at radius 3 is 2.78 bits per heavy atom. The number of hydrogen-bond acceptors (Lipinski definition) is 5. The van der Waals surface area contributed by atoms with Gasteiger partial charge < -0.3 is 9.72 Å². The summed E-state index contributed by atoms with van der Waals surface area (Å²) in [7, 11) is 0. The zero-order valence-corrected chi connectivity index (χ0v) is 15.0. The Morgan fingerprint density at radius 2 is 2.17 bits per heavy atom. The molecule has 1 aliphatic heterocycles. The number of rotatable bonds is 6. The minimum absolute atomic E-state index is 0.288. The van der Waals surface area contributed by atoms with Crippen LogP contribution in [0.15, 0.2) is 10.1 Å². The van der Waals surface area contributed by atoms with Crippen LogP contribution >= 0.6 is 11.8 Å². The minimum Gasteiger partial charge on any atom is -0.462 e. The van der Waals surface area contributed by atoms with Crippen LogP contribution in [-0.2, 0) is 4.74 Å². The first-order chi connectivity index (χ1) is 11.1. The standard InChI is InChI=1S/C16H24N4O2S/c1-5-7-8-17-16-20-19-12(9-23-16)14-10(3)13(11(4)18-14)15(21)22-6-2/h18H,5-9H2,1-4H3,(H,17,20). The summed E-state index contributed by atoms with van der Waals surface area (Å²) in [6.07, 6.45) is 2.22. The molecule has 0 amide bonds. The number of ether oxygens (including phenoxy) is 1. The van der Waals surface area contributed by atoms with Crippen molar-refractivity contribution in [1.29, 1.82) is 0 Å². The van der Waals surface area contributed by atoms with Crippen molar-refractivity contribution in [1.82, 2.24) is 10.4 Å². The number of nitrogens with zero attached hydrogens (tertiary/aromatic N) is 2. The number of esters is 1. The fourth-order valence-corrected chi connectivity index (χ4v) is 3.19. The van der Waals surface area contributed by atoms with E-state index in [2.05, 4.69) is 27.4 Å². The molecule has 0 saturated carbocycles. The van der Waals surface area contributed by atoms with E-state index < -0.39 is 0 Å². The first kappa shape index (κ1) is 17.6. The van der Waals surface area contributed by atoms with Gasteiger partial charge in [0.05, 0.1) is 23.6 Å². The van der Waals surface area contributed by atoms with Gasteiger partial charge in [-0.05, 0) is 32.8 Å². The quantitative estimate of drug-likeness (QED) is 0.618. The van der Waals surface area contributed by atoms with E-state index in [0.717, 1.165) is 53.0 Å². The van der Waals surface area contributed by atoms with Crippen molar-refractivity contribution in [3.05, 3.63) is 22.5 Å². The molecule has 1 aromatic rings. The van der Waals surface area contributed by atoms with Crippen molar-refractivity contribution in [2.45, 2.75) is 40.5 Å². The molecule has 0 spiro atoms. The molecular formula is C16H24N4O2S. The summed E-state index contributed by atoms with van der Waals surface area (Å²) >= 11 is 1.63. The number of hydrogen-bond donors (Lipinski definition) is 2. The minimum atomic E-state index is -0.288. The summed E-state index contributed by atoms with van der Waals surface area (Å²) < 4.78 is 5.12. The van der Waals surface area contributed by atoms with Crippen molar-refractivity contribution < 1.29 is 9.53 Å². The zero-order chi connectivity index (χ0) is 16.8. The largest absolute Gasteiger partial charge is 0.462 e. The molecule has 0 bridgehead atoms. The third kappa shape index (κ3) is 4.16. The number of thioether (sulfide) groups is 1. The monoisotopic (exact) mass is 336 g/mol. The molecule has 2 N–H and O–H groups in total. The molecule has 0 unspecified atom stereocenters. The van der Waals surface area contributed by atoms with Crippen LogP contribution in [0.1, 0.15) is 54.0 Å². The third-order valence-electron chi connectivity index (χ3n) is 3.60. The van der Waals surface area contributed by atoms with Gasteiger partial charge in [-0.25, -0.2) is 4.79 Å². The van der Waals surface area contributed by atoms with E-state index in [9.17, 15) is 4.79 Å². The van der Waals surface area contributed by atoms with Crippen LogP contribution < -0.4 is 5.43 Å². The molecule has 2 rings (SSSR count). The summed E-state index contributed by atoms with van der Waals surface area (Å²) in [6, 6.07) is 0. The van der Waals surface area contributed by atoms with E-state index >= 15 is 0 Å². The average Bonchev–Trinajstić information content (AvgIpc) is 2.83. The maximum atomic E-state index is 12.1. The number of aromatic nitrogens is 1. The maximum absolute atomic E-state index is 12.1. The fraction of sp³-hybridized carbons (Fsp3) is 0.562. The third-order valence-corrected chi connectivity index (χ3v) is 4.52. The Kier molecular flexibility index (Phi) is 6.27. The van der Waals surface area contributed by atoms with E-state index in [1.54, 1.807) is 18.7 Å². The summed E-state index contributed by atoms with van der Waals surface area (Å²) in [6.45, 7) is 8.95. The molecule has 0 saturated heterocycles. The van der Waals surface area contributed by atoms with Gasteiger partial charge >= 0.3 is 5.97 Å². The van der Waals surface area contributed by atoms with Crippen LogP contribution in [0.25, 0.3) is 0 Å². The van der Waals surface area contributed by atoms with Gasteiger partial charge in [0.1, 0.15) is 0 Å². The summed E-state index contributed by atoms with van der Waals surface area (Å²) in [5.41, 5.74) is 7.08. The molecule has 126 valence electrons. The van der Waals surface area contributed by atoms with Crippen molar-refractivity contribution in [2.75, 3.05) is 18.9 Å². The van der Waals surface area contributed by atoms with Crippen LogP contribution in [0.4, 0.5) is 0 Å². The second-order valence-electron chi connectivity index (χ2n) is 5.34. The fourth-order valence-electron chi connectivity index (χ4n) is 2.41. The highest BCUT2D eigenvalue weighted by Crippen LogP contribution is 2.22. The van der Waals surface area contributed by atoms with Gasteiger partial charge in [-0.1, -0.05) is 25.1 Å². The highest BCUT2D eigenvalue weighted by atomic mass is 32.2. The summed E-state index contributed by atoms with van der Waals surface area (Å²) in [5.74, 6) is 0.435. The van der Waals surface area contributed by atoms with E-state index in [1.807, 2.05) is 13.8 Å². The zero-order valence-electron chi connectivity index (χ0n) is 14.2. The molecule has 2 heterocycles. The molecule has 7 heteroatoms. The average molecular weight is 336 g/mol. The summed E-state index contributed by atoms with van der Waals surface area (Å²) in [4.78, 5) is 19.8. The second kappa shape index (κ2) is 8.19. The highest BCUT2D eigenvalue weighted by Gasteiger charge is 2.23. The van der Waals surface area contributed by atoms with E-state index in [-0.39, 0.29) is 5.97 Å². The lowest BCUT2D eigenvalue weighted by molar-refractivity contribution is 0.0525. The lowest BCUT2D eigenvalue weighted by Crippen LogP contribution is -2.26. The smallest absolute Gasteiger partial charge is 0.340 e. The second-order valence-corrected chi connectivity index (χ2v) is 6.31. The molecule has 0 aliphatic carbocycles. The molecule has 1 aliphatic rings. The van der Waals surface area contributed by atoms with Crippen molar-refractivity contribution in [3.8, 4) is 0 Å². The maximum Gasteiger partial charge on any atom is 0.340 e. The van der Waals surface area contributed by atoms with Crippen molar-refractivity contribution in [3.63, 3.8) is 0 Å². The first-order valence-electron chi connectivity index (χ1n) is 7.94. The molecule has 0 atom stereocenters. The van der Waals surface area contributed by atoms with Crippen LogP contribution in [0.5, 0.6) is 0 Å². The molecule has 0 fully saturated rings. The van der Waals surface area contributed by atoms with Crippen molar-refractivity contribution in [2.24, 2.45) is 10.1 Å². The predicted octanol–water partition coefficient (Wildman–Crippen LogP) is 3.00. The number of hydrazone groups is 1. The normalized spacial score (nSPS) is 16.2. The number of carbonyl (C=O) groups excluding carboxylic acids is 1. The topological polar surface area (TPSA) is 78.8 Å². The number of unbranched alkanes of at least 4 members (excludes halogenated alkanes) is 1. The molecule has 0 radical (unpaired) electrons. The highest BCUT2D eigenvalue weighted by molar-refractivity contribution is 8.14. The number of aromatic amines is 1. The van der Waals surface area contributed by atoms with Crippen LogP contribution in [0, 0.1) is 13.8 Å². The van der Waals surface area contributed by atoms with Gasteiger partial charge in [0.2, 0.25) is 0 Å². The number of aliphatic imine (C=N–C) groups is 1. The molecule has 0 aromatic carbocycles. The number of aryl methyl sites for hydroxylation is 1. The van der Waals surface area contributed by atoms with E-state index in [1.165, 1.54) is 0 Å². The van der Waals surface area contributed by atoms with E-state index in [4.69, 9.17) is 4.74 Å². The number of H-pyrrole nitrogens is 1. The lowest BCUT2D eigenvalue weighted by atomic mass is 10.1. The summed E-state index contributed by atoms with van der Waals surface area (Å²) in [5, 5.41) is 5.27. The lowest BCUT2D eigenvalue weighted by Gasteiger charge is -2.14. The van der Waals surface area contributed by atoms with Crippen LogP contribution in [0.3, 0.4) is 0 Å². The number of carbonyl (C=O) groups is 1. The Balaban J connectivity index is 2.16. The molecule has 23 heavy (non-hydrogen) atoms. The van der Waals surface area contributed by atoms with Gasteiger partial charge in [-0.15, -0.1) is 0 Å². The van der Waals surface area contributed by atoms with Gasteiger partial charge in [-0.3, -0.25) is 10.4 Å². The van der Waals surface area contributed by atoms with Crippen molar-refractivity contribution >= 4 is 28.6 Å². The SMILES string of the molecule is CCCCN=C1NN=C(c2[nH]c(C)c(C(=O)OCC)c2C)CS1. The molecule has 1 aromatic heterocycles.